The van der Waals surface area contributed by atoms with E-state index < -0.39 is 0 Å². The summed E-state index contributed by atoms with van der Waals surface area (Å²) in [5.74, 6) is 0.620. The van der Waals surface area contributed by atoms with Crippen molar-refractivity contribution in [1.82, 2.24) is 9.80 Å². The molecule has 1 atom stereocenters. The monoisotopic (exact) mass is 304 g/mol. The maximum absolute atomic E-state index is 12.3. The molecule has 0 unspecified atom stereocenters. The predicted molar refractivity (Wildman–Crippen MR) is 83.9 cm³/mol. The Hall–Kier alpha value is -1.49. The van der Waals surface area contributed by atoms with Crippen molar-refractivity contribution in [2.45, 2.75) is 25.1 Å². The molecule has 1 aromatic rings. The Bertz CT molecular complexity index is 555. The summed E-state index contributed by atoms with van der Waals surface area (Å²) >= 11 is 1.62. The molecular weight excluding hydrogens is 284 g/mol. The number of nitrogens with zero attached hydrogens (tertiary/aromatic N) is 2. The number of carbonyl (C=O) groups excluding carboxylic acids is 2. The van der Waals surface area contributed by atoms with Gasteiger partial charge in [0.2, 0.25) is 11.8 Å². The predicted octanol–water partition coefficient (Wildman–Crippen LogP) is 2.19. The van der Waals surface area contributed by atoms with Gasteiger partial charge in [-0.05, 0) is 30.9 Å². The largest absolute Gasteiger partial charge is 0.341 e. The van der Waals surface area contributed by atoms with E-state index in [4.69, 9.17) is 0 Å². The van der Waals surface area contributed by atoms with E-state index in [1.165, 1.54) is 5.56 Å². The van der Waals surface area contributed by atoms with Crippen molar-refractivity contribution in [1.29, 1.82) is 0 Å². The molecule has 3 rings (SSSR count). The number of amides is 2. The first kappa shape index (κ1) is 14.4. The summed E-state index contributed by atoms with van der Waals surface area (Å²) < 4.78 is 0. The van der Waals surface area contributed by atoms with Gasteiger partial charge in [0.25, 0.3) is 0 Å². The maximum atomic E-state index is 12.3. The van der Waals surface area contributed by atoms with Crippen molar-refractivity contribution in [3.05, 3.63) is 35.4 Å². The van der Waals surface area contributed by atoms with Crippen LogP contribution in [0.3, 0.4) is 0 Å². The van der Waals surface area contributed by atoms with Crippen molar-refractivity contribution in [3.63, 3.8) is 0 Å². The second-order valence-corrected chi connectivity index (χ2v) is 6.70. The molecule has 2 amide bonds. The number of benzene rings is 1. The summed E-state index contributed by atoms with van der Waals surface area (Å²) in [6, 6.07) is 8.10. The molecule has 0 aliphatic carbocycles. The highest BCUT2D eigenvalue weighted by Crippen LogP contribution is 2.39. The van der Waals surface area contributed by atoms with Crippen LogP contribution in [-0.2, 0) is 9.59 Å². The van der Waals surface area contributed by atoms with Crippen LogP contribution in [0.25, 0.3) is 0 Å². The first-order valence-corrected chi connectivity index (χ1v) is 8.46. The van der Waals surface area contributed by atoms with Crippen LogP contribution in [0.15, 0.2) is 24.3 Å². The lowest BCUT2D eigenvalue weighted by atomic mass is 10.1. The number of likely N-dealkylation sites (tertiary alicyclic amines) is 1. The molecule has 0 saturated carbocycles. The zero-order valence-electron chi connectivity index (χ0n) is 12.2. The van der Waals surface area contributed by atoms with Gasteiger partial charge in [0.15, 0.2) is 0 Å². The second-order valence-electron chi connectivity index (χ2n) is 5.63. The molecule has 21 heavy (non-hydrogen) atoms. The van der Waals surface area contributed by atoms with Crippen molar-refractivity contribution in [2.24, 2.45) is 0 Å². The Kier molecular flexibility index (Phi) is 4.19. The van der Waals surface area contributed by atoms with Crippen molar-refractivity contribution < 1.29 is 9.59 Å². The average Bonchev–Trinajstić information content (AvgIpc) is 3.11. The highest BCUT2D eigenvalue weighted by Gasteiger charge is 2.35. The Morgan fingerprint density at radius 1 is 1.29 bits per heavy atom. The molecule has 5 heteroatoms. The van der Waals surface area contributed by atoms with Crippen LogP contribution in [0.2, 0.25) is 0 Å². The van der Waals surface area contributed by atoms with Crippen molar-refractivity contribution in [2.75, 3.05) is 25.4 Å². The second kappa shape index (κ2) is 6.10. The zero-order chi connectivity index (χ0) is 14.8. The highest BCUT2D eigenvalue weighted by atomic mass is 32.2. The smallest absolute Gasteiger partial charge is 0.242 e. The van der Waals surface area contributed by atoms with Gasteiger partial charge in [0.05, 0.1) is 5.75 Å². The fourth-order valence-corrected chi connectivity index (χ4v) is 4.24. The normalized spacial score (nSPS) is 22.1. The Morgan fingerprint density at radius 2 is 2.00 bits per heavy atom. The highest BCUT2D eigenvalue weighted by molar-refractivity contribution is 8.00. The molecule has 2 heterocycles. The number of hydrogen-bond acceptors (Lipinski definition) is 3. The first-order chi connectivity index (χ1) is 10.2. The maximum Gasteiger partial charge on any atom is 0.242 e. The summed E-state index contributed by atoms with van der Waals surface area (Å²) in [4.78, 5) is 28.1. The lowest BCUT2D eigenvalue weighted by Gasteiger charge is -2.27. The van der Waals surface area contributed by atoms with Gasteiger partial charge in [-0.1, -0.05) is 24.3 Å². The van der Waals surface area contributed by atoms with E-state index in [-0.39, 0.29) is 23.7 Å². The van der Waals surface area contributed by atoms with Crippen LogP contribution >= 0.6 is 11.8 Å². The van der Waals surface area contributed by atoms with E-state index in [9.17, 15) is 9.59 Å². The summed E-state index contributed by atoms with van der Waals surface area (Å²) in [6.45, 7) is 3.94. The molecule has 0 aromatic heterocycles. The summed E-state index contributed by atoms with van der Waals surface area (Å²) in [7, 11) is 0. The lowest BCUT2D eigenvalue weighted by molar-refractivity contribution is -0.138. The zero-order valence-corrected chi connectivity index (χ0v) is 13.1. The fourth-order valence-electron chi connectivity index (χ4n) is 2.96. The van der Waals surface area contributed by atoms with Crippen LogP contribution in [0, 0.1) is 6.92 Å². The van der Waals surface area contributed by atoms with Crippen LogP contribution in [0.1, 0.15) is 29.3 Å². The third kappa shape index (κ3) is 2.93. The summed E-state index contributed by atoms with van der Waals surface area (Å²) in [5, 5.41) is -0.0229. The van der Waals surface area contributed by atoms with E-state index >= 15 is 0 Å². The molecule has 4 nitrogen and oxygen atoms in total. The number of aryl methyl sites for hydroxylation is 1. The third-order valence-corrected chi connectivity index (χ3v) is 5.42. The van der Waals surface area contributed by atoms with Crippen LogP contribution < -0.4 is 0 Å². The van der Waals surface area contributed by atoms with E-state index in [1.54, 1.807) is 16.7 Å². The molecule has 112 valence electrons. The van der Waals surface area contributed by atoms with E-state index in [1.807, 2.05) is 17.0 Å². The molecule has 2 aliphatic heterocycles. The van der Waals surface area contributed by atoms with Crippen LogP contribution in [0.5, 0.6) is 0 Å². The molecule has 0 bridgehead atoms. The molecule has 2 saturated heterocycles. The molecule has 0 radical (unpaired) electrons. The van der Waals surface area contributed by atoms with Crippen LogP contribution in [-0.4, -0.2) is 47.0 Å². The standard InChI is InChI=1S/C16H20N2O2S/c1-12-6-2-3-7-13(12)16-18(15(20)11-21-16)10-14(19)17-8-4-5-9-17/h2-3,6-7,16H,4-5,8-11H2,1H3/t16-/m0/s1. The van der Waals surface area contributed by atoms with Crippen LogP contribution in [0.4, 0.5) is 0 Å². The Morgan fingerprint density at radius 3 is 2.71 bits per heavy atom. The van der Waals surface area contributed by atoms with Gasteiger partial charge in [-0.3, -0.25) is 9.59 Å². The van der Waals surface area contributed by atoms with E-state index in [2.05, 4.69) is 19.1 Å². The number of rotatable bonds is 3. The quantitative estimate of drug-likeness (QED) is 0.859. The molecule has 2 aliphatic rings. The van der Waals surface area contributed by atoms with Gasteiger partial charge in [0, 0.05) is 13.1 Å². The molecule has 1 aromatic carbocycles. The molecule has 0 spiro atoms. The van der Waals surface area contributed by atoms with Gasteiger partial charge in [-0.15, -0.1) is 11.8 Å². The number of hydrogen-bond donors (Lipinski definition) is 0. The minimum atomic E-state index is -0.0229. The van der Waals surface area contributed by atoms with Gasteiger partial charge in [-0.25, -0.2) is 0 Å². The minimum absolute atomic E-state index is 0.0229. The minimum Gasteiger partial charge on any atom is -0.341 e. The fraction of sp³-hybridized carbons (Fsp3) is 0.500. The average molecular weight is 304 g/mol. The Labute approximate surface area is 129 Å². The van der Waals surface area contributed by atoms with Gasteiger partial charge < -0.3 is 9.80 Å². The summed E-state index contributed by atoms with van der Waals surface area (Å²) in [6.07, 6.45) is 2.16. The number of thioether (sulfide) groups is 1. The van der Waals surface area contributed by atoms with E-state index in [0.29, 0.717) is 5.75 Å². The third-order valence-electron chi connectivity index (χ3n) is 4.19. The van der Waals surface area contributed by atoms with Gasteiger partial charge in [0.1, 0.15) is 11.9 Å². The topological polar surface area (TPSA) is 40.6 Å². The molecule has 2 fully saturated rings. The van der Waals surface area contributed by atoms with Crippen molar-refractivity contribution in [3.8, 4) is 0 Å². The molecular formula is C16H20N2O2S. The van der Waals surface area contributed by atoms with Gasteiger partial charge >= 0.3 is 0 Å². The Balaban J connectivity index is 1.76. The van der Waals surface area contributed by atoms with E-state index in [0.717, 1.165) is 31.5 Å². The first-order valence-electron chi connectivity index (χ1n) is 7.41. The van der Waals surface area contributed by atoms with Gasteiger partial charge in [-0.2, -0.15) is 0 Å². The SMILES string of the molecule is Cc1ccccc1[C@@H]1SCC(=O)N1CC(=O)N1CCCC1. The number of carbonyl (C=O) groups is 2. The molecule has 0 N–H and O–H groups in total. The van der Waals surface area contributed by atoms with Crippen molar-refractivity contribution >= 4 is 23.6 Å². The summed E-state index contributed by atoms with van der Waals surface area (Å²) in [5.41, 5.74) is 2.31. The lowest BCUT2D eigenvalue weighted by Crippen LogP contribution is -2.40.